The molecule has 0 amide bonds. The number of benzene rings is 2. The predicted molar refractivity (Wildman–Crippen MR) is 143 cm³/mol. The first-order valence-electron chi connectivity index (χ1n) is 12.0. The highest BCUT2D eigenvalue weighted by molar-refractivity contribution is 7.94. The first-order chi connectivity index (χ1) is 18.3. The van der Waals surface area contributed by atoms with Crippen molar-refractivity contribution < 1.29 is 22.7 Å². The summed E-state index contributed by atoms with van der Waals surface area (Å²) in [6.45, 7) is 1.92. The number of thiazole rings is 1. The summed E-state index contributed by atoms with van der Waals surface area (Å²) in [5, 5.41) is 1.71. The Hall–Kier alpha value is -3.83. The Morgan fingerprint density at radius 2 is 1.87 bits per heavy atom. The van der Waals surface area contributed by atoms with Crippen LogP contribution in [0.4, 0.5) is 5.69 Å². The molecule has 196 valence electrons. The Morgan fingerprint density at radius 1 is 1.11 bits per heavy atom. The third-order valence-electron chi connectivity index (χ3n) is 6.24. The van der Waals surface area contributed by atoms with Crippen LogP contribution < -0.4 is 9.04 Å². The van der Waals surface area contributed by atoms with E-state index in [0.717, 1.165) is 47.3 Å². The summed E-state index contributed by atoms with van der Waals surface area (Å²) in [5.41, 5.74) is 5.06. The van der Waals surface area contributed by atoms with Crippen LogP contribution in [-0.2, 0) is 40.8 Å². The fourth-order valence-electron chi connectivity index (χ4n) is 4.32. The molecule has 0 aliphatic heterocycles. The molecule has 1 aliphatic carbocycles. The van der Waals surface area contributed by atoms with Gasteiger partial charge in [-0.15, -0.1) is 11.3 Å². The van der Waals surface area contributed by atoms with Crippen LogP contribution in [0.15, 0.2) is 64.7 Å². The number of ether oxygens (including phenoxy) is 2. The summed E-state index contributed by atoms with van der Waals surface area (Å²) in [6.07, 6.45) is 7.39. The fourth-order valence-corrected chi connectivity index (χ4v) is 6.89. The van der Waals surface area contributed by atoms with Crippen LogP contribution in [-0.4, -0.2) is 36.4 Å². The van der Waals surface area contributed by atoms with Crippen LogP contribution in [0.3, 0.4) is 0 Å². The van der Waals surface area contributed by atoms with Crippen molar-refractivity contribution in [1.82, 2.24) is 15.0 Å². The average Bonchev–Trinajstić information content (AvgIpc) is 3.59. The van der Waals surface area contributed by atoms with E-state index in [2.05, 4.69) is 15.0 Å². The number of fused-ring (bicyclic) bond motifs is 1. The van der Waals surface area contributed by atoms with E-state index in [-0.39, 0.29) is 17.5 Å². The SMILES string of the molecule is COC(=O)c1ccc(COc2cc3c(cc2N(Cc2cnccn2)S(=O)(=O)c2nc(C)cs2)CCC3)cc1. The molecule has 2 aromatic heterocycles. The molecule has 0 fully saturated rings. The molecule has 2 heterocycles. The van der Waals surface area contributed by atoms with Gasteiger partial charge in [-0.25, -0.2) is 9.78 Å². The van der Waals surface area contributed by atoms with E-state index >= 15 is 0 Å². The van der Waals surface area contributed by atoms with Crippen LogP contribution in [0, 0.1) is 6.92 Å². The lowest BCUT2D eigenvalue weighted by Gasteiger charge is -2.26. The monoisotopic (exact) mass is 550 g/mol. The number of carbonyl (C=O) groups is 1. The normalized spacial score (nSPS) is 12.7. The molecule has 0 N–H and O–H groups in total. The maximum absolute atomic E-state index is 13.9. The Balaban J connectivity index is 1.54. The maximum Gasteiger partial charge on any atom is 0.337 e. The maximum atomic E-state index is 13.9. The van der Waals surface area contributed by atoms with Gasteiger partial charge in [0, 0.05) is 23.5 Å². The molecule has 0 radical (unpaired) electrons. The van der Waals surface area contributed by atoms with E-state index in [1.54, 1.807) is 49.0 Å². The summed E-state index contributed by atoms with van der Waals surface area (Å²) < 4.78 is 40.2. The van der Waals surface area contributed by atoms with Gasteiger partial charge in [-0.1, -0.05) is 12.1 Å². The van der Waals surface area contributed by atoms with Crippen molar-refractivity contribution >= 4 is 33.0 Å². The van der Waals surface area contributed by atoms with Gasteiger partial charge in [-0.05, 0) is 67.1 Å². The molecular weight excluding hydrogens is 524 g/mol. The zero-order chi connectivity index (χ0) is 26.7. The van der Waals surface area contributed by atoms with Crippen molar-refractivity contribution in [3.05, 3.63) is 94.0 Å². The Kier molecular flexibility index (Phi) is 7.39. The van der Waals surface area contributed by atoms with Crippen molar-refractivity contribution in [2.75, 3.05) is 11.4 Å². The van der Waals surface area contributed by atoms with Gasteiger partial charge in [-0.2, -0.15) is 8.42 Å². The van der Waals surface area contributed by atoms with Crippen molar-refractivity contribution in [1.29, 1.82) is 0 Å². The first kappa shape index (κ1) is 25.8. The van der Waals surface area contributed by atoms with Gasteiger partial charge in [0.25, 0.3) is 10.0 Å². The van der Waals surface area contributed by atoms with E-state index in [4.69, 9.17) is 9.47 Å². The van der Waals surface area contributed by atoms with E-state index < -0.39 is 16.0 Å². The molecular formula is C27H26N4O5S2. The summed E-state index contributed by atoms with van der Waals surface area (Å²) in [6, 6.07) is 10.8. The molecule has 4 aromatic rings. The number of anilines is 1. The molecule has 11 heteroatoms. The average molecular weight is 551 g/mol. The lowest BCUT2D eigenvalue weighted by atomic mass is 10.1. The largest absolute Gasteiger partial charge is 0.487 e. The minimum absolute atomic E-state index is 0.00346. The number of rotatable bonds is 9. The van der Waals surface area contributed by atoms with Gasteiger partial charge < -0.3 is 9.47 Å². The van der Waals surface area contributed by atoms with Crippen molar-refractivity contribution in [3.8, 4) is 5.75 Å². The van der Waals surface area contributed by atoms with Crippen LogP contribution in [0.5, 0.6) is 5.75 Å². The van der Waals surface area contributed by atoms with Gasteiger partial charge in [0.2, 0.25) is 4.34 Å². The van der Waals surface area contributed by atoms with E-state index in [9.17, 15) is 13.2 Å². The molecule has 9 nitrogen and oxygen atoms in total. The van der Waals surface area contributed by atoms with Gasteiger partial charge >= 0.3 is 5.97 Å². The number of hydrogen-bond acceptors (Lipinski definition) is 9. The van der Waals surface area contributed by atoms with Crippen LogP contribution in [0.2, 0.25) is 0 Å². The third-order valence-corrected chi connectivity index (χ3v) is 9.35. The minimum Gasteiger partial charge on any atom is -0.487 e. The molecule has 38 heavy (non-hydrogen) atoms. The van der Waals surface area contributed by atoms with Crippen LogP contribution >= 0.6 is 11.3 Å². The van der Waals surface area contributed by atoms with Gasteiger partial charge in [0.05, 0.1) is 36.8 Å². The Labute approximate surface area is 225 Å². The number of nitrogens with zero attached hydrogens (tertiary/aromatic N) is 4. The standard InChI is InChI=1S/C27H26N4O5S2/c1-18-17-37-27(30-18)38(33,34)31(15-23-14-28-10-11-29-23)24-12-21-4-3-5-22(21)13-25(24)36-16-19-6-8-20(9-7-19)26(32)35-2/h6-14,17H,3-5,15-16H2,1-2H3. The zero-order valence-electron chi connectivity index (χ0n) is 21.0. The number of aromatic nitrogens is 3. The van der Waals surface area contributed by atoms with Gasteiger partial charge in [-0.3, -0.25) is 14.3 Å². The molecule has 0 bridgehead atoms. The quantitative estimate of drug-likeness (QED) is 0.280. The number of carbonyl (C=O) groups excluding carboxylic acids is 1. The molecule has 0 spiro atoms. The lowest BCUT2D eigenvalue weighted by Crippen LogP contribution is -2.31. The second kappa shape index (κ2) is 10.9. The molecule has 5 rings (SSSR count). The smallest absolute Gasteiger partial charge is 0.337 e. The molecule has 1 aliphatic rings. The summed E-state index contributed by atoms with van der Waals surface area (Å²) in [5.74, 6) is 0.0316. The van der Waals surface area contributed by atoms with Crippen LogP contribution in [0.1, 0.15) is 44.9 Å². The highest BCUT2D eigenvalue weighted by atomic mass is 32.2. The lowest BCUT2D eigenvalue weighted by molar-refractivity contribution is 0.0600. The Morgan fingerprint density at radius 3 is 2.53 bits per heavy atom. The van der Waals surface area contributed by atoms with Crippen molar-refractivity contribution in [2.45, 2.75) is 43.7 Å². The topological polar surface area (TPSA) is 112 Å². The number of hydrogen-bond donors (Lipinski definition) is 0. The van der Waals surface area contributed by atoms with Crippen molar-refractivity contribution in [2.24, 2.45) is 0 Å². The number of methoxy groups -OCH3 is 1. The molecule has 0 unspecified atom stereocenters. The van der Waals surface area contributed by atoms with Crippen LogP contribution in [0.25, 0.3) is 0 Å². The highest BCUT2D eigenvalue weighted by Crippen LogP contribution is 2.39. The third kappa shape index (κ3) is 5.39. The van der Waals surface area contributed by atoms with Gasteiger partial charge in [0.15, 0.2) is 0 Å². The molecule has 0 saturated heterocycles. The predicted octanol–water partition coefficient (Wildman–Crippen LogP) is 4.49. The zero-order valence-corrected chi connectivity index (χ0v) is 22.6. The summed E-state index contributed by atoms with van der Waals surface area (Å²) in [7, 11) is -2.69. The summed E-state index contributed by atoms with van der Waals surface area (Å²) in [4.78, 5) is 24.5. The first-order valence-corrected chi connectivity index (χ1v) is 14.3. The number of sulfonamides is 1. The van der Waals surface area contributed by atoms with Gasteiger partial charge in [0.1, 0.15) is 12.4 Å². The number of esters is 1. The molecule has 2 aromatic carbocycles. The second-order valence-corrected chi connectivity index (χ2v) is 11.8. The summed E-state index contributed by atoms with van der Waals surface area (Å²) >= 11 is 1.08. The minimum atomic E-state index is -4.03. The Bertz CT molecular complexity index is 1550. The van der Waals surface area contributed by atoms with E-state index in [1.807, 2.05) is 12.1 Å². The van der Waals surface area contributed by atoms with E-state index in [1.165, 1.54) is 17.6 Å². The second-order valence-electron chi connectivity index (χ2n) is 8.88. The molecule has 0 atom stereocenters. The highest BCUT2D eigenvalue weighted by Gasteiger charge is 2.32. The van der Waals surface area contributed by atoms with Crippen molar-refractivity contribution in [3.63, 3.8) is 0 Å². The fraction of sp³-hybridized carbons (Fsp3) is 0.259. The number of aryl methyl sites for hydroxylation is 3. The van der Waals surface area contributed by atoms with E-state index in [0.29, 0.717) is 28.4 Å². The molecule has 0 saturated carbocycles.